The second-order valence-corrected chi connectivity index (χ2v) is 9.56. The van der Waals surface area contributed by atoms with Crippen LogP contribution in [0.2, 0.25) is 5.02 Å². The minimum Gasteiger partial charge on any atom is -0.453 e. The first-order valence-electron chi connectivity index (χ1n) is 9.61. The van der Waals surface area contributed by atoms with Crippen LogP contribution < -0.4 is 5.32 Å². The predicted molar refractivity (Wildman–Crippen MR) is 125 cm³/mol. The van der Waals surface area contributed by atoms with Crippen LogP contribution in [0.3, 0.4) is 0 Å². The van der Waals surface area contributed by atoms with Crippen molar-refractivity contribution in [3.05, 3.63) is 67.8 Å². The highest BCUT2D eigenvalue weighted by atomic mass is 35.5. The second-order valence-electron chi connectivity index (χ2n) is 6.95. The molecule has 0 aliphatic rings. The summed E-state index contributed by atoms with van der Waals surface area (Å²) >= 11 is 8.81. The molecular formula is C22H18ClN3O4S2. The van der Waals surface area contributed by atoms with Gasteiger partial charge in [0.1, 0.15) is 9.71 Å². The number of rotatable bonds is 7. The number of aryl methyl sites for hydroxylation is 1. The third-order valence-electron chi connectivity index (χ3n) is 4.61. The highest BCUT2D eigenvalue weighted by Gasteiger charge is 2.20. The van der Waals surface area contributed by atoms with Crippen molar-refractivity contribution in [2.24, 2.45) is 0 Å². The zero-order valence-electron chi connectivity index (χ0n) is 17.2. The SMILES string of the molecule is CC(=O)NCc1ccc(C(=O)COC(=O)c2cc3c(C)nn(-c4ccccc4Cl)c3s2)s1. The van der Waals surface area contributed by atoms with Crippen LogP contribution in [-0.2, 0) is 16.1 Å². The van der Waals surface area contributed by atoms with Crippen molar-refractivity contribution >= 4 is 62.2 Å². The van der Waals surface area contributed by atoms with E-state index in [-0.39, 0.29) is 18.3 Å². The molecule has 4 rings (SSSR count). The molecule has 0 aliphatic carbocycles. The second kappa shape index (κ2) is 9.23. The van der Waals surface area contributed by atoms with Crippen molar-refractivity contribution in [1.82, 2.24) is 15.1 Å². The molecule has 7 nitrogen and oxygen atoms in total. The smallest absolute Gasteiger partial charge is 0.348 e. The normalized spacial score (nSPS) is 11.0. The molecule has 0 fully saturated rings. The van der Waals surface area contributed by atoms with Crippen molar-refractivity contribution < 1.29 is 19.1 Å². The van der Waals surface area contributed by atoms with Gasteiger partial charge in [-0.15, -0.1) is 22.7 Å². The largest absolute Gasteiger partial charge is 0.453 e. The summed E-state index contributed by atoms with van der Waals surface area (Å²) in [5.41, 5.74) is 1.48. The quantitative estimate of drug-likeness (QED) is 0.299. The number of carbonyl (C=O) groups excluding carboxylic acids is 3. The molecule has 1 N–H and O–H groups in total. The van der Waals surface area contributed by atoms with Crippen LogP contribution >= 0.6 is 34.3 Å². The molecule has 0 radical (unpaired) electrons. The first-order chi connectivity index (χ1) is 15.3. The number of para-hydroxylation sites is 1. The Morgan fingerprint density at radius 1 is 1.12 bits per heavy atom. The monoisotopic (exact) mass is 487 g/mol. The first-order valence-corrected chi connectivity index (χ1v) is 11.6. The van der Waals surface area contributed by atoms with Crippen LogP contribution in [0.25, 0.3) is 15.9 Å². The van der Waals surface area contributed by atoms with Crippen molar-refractivity contribution in [3.63, 3.8) is 0 Å². The van der Waals surface area contributed by atoms with E-state index in [9.17, 15) is 14.4 Å². The van der Waals surface area contributed by atoms with Gasteiger partial charge in [0, 0.05) is 17.2 Å². The number of fused-ring (bicyclic) bond motifs is 1. The summed E-state index contributed by atoms with van der Waals surface area (Å²) < 4.78 is 6.97. The van der Waals surface area contributed by atoms with Crippen LogP contribution in [0, 0.1) is 6.92 Å². The van der Waals surface area contributed by atoms with Crippen molar-refractivity contribution in [1.29, 1.82) is 0 Å². The molecule has 0 saturated heterocycles. The molecule has 1 amide bonds. The van der Waals surface area contributed by atoms with E-state index < -0.39 is 5.97 Å². The number of thiophene rings is 2. The molecule has 0 spiro atoms. The van der Waals surface area contributed by atoms with E-state index in [1.165, 1.54) is 29.6 Å². The maximum absolute atomic E-state index is 12.6. The van der Waals surface area contributed by atoms with Gasteiger partial charge in [-0.05, 0) is 37.3 Å². The van der Waals surface area contributed by atoms with Crippen molar-refractivity contribution in [3.8, 4) is 5.69 Å². The van der Waals surface area contributed by atoms with Gasteiger partial charge < -0.3 is 10.1 Å². The van der Waals surface area contributed by atoms with E-state index in [2.05, 4.69) is 10.4 Å². The van der Waals surface area contributed by atoms with Gasteiger partial charge in [0.2, 0.25) is 11.7 Å². The predicted octanol–water partition coefficient (Wildman–Crippen LogP) is 4.79. The first kappa shape index (κ1) is 22.2. The van der Waals surface area contributed by atoms with Crippen molar-refractivity contribution in [2.75, 3.05) is 6.61 Å². The Kier molecular flexibility index (Phi) is 6.40. The lowest BCUT2D eigenvalue weighted by Crippen LogP contribution is -2.18. The van der Waals surface area contributed by atoms with E-state index in [0.29, 0.717) is 21.3 Å². The van der Waals surface area contributed by atoms with E-state index in [0.717, 1.165) is 26.5 Å². The number of esters is 1. The Morgan fingerprint density at radius 3 is 2.66 bits per heavy atom. The average Bonchev–Trinajstić information content (AvgIpc) is 3.48. The van der Waals surface area contributed by atoms with Gasteiger partial charge in [-0.3, -0.25) is 9.59 Å². The van der Waals surface area contributed by atoms with Crippen LogP contribution in [-0.4, -0.2) is 34.0 Å². The highest BCUT2D eigenvalue weighted by Crippen LogP contribution is 2.32. The zero-order chi connectivity index (χ0) is 22.8. The number of ether oxygens (including phenoxy) is 1. The minimum absolute atomic E-state index is 0.142. The number of ketones is 1. The number of benzene rings is 1. The summed E-state index contributed by atoms with van der Waals surface area (Å²) in [6, 6.07) is 12.5. The molecule has 0 aliphatic heterocycles. The maximum atomic E-state index is 12.6. The molecule has 164 valence electrons. The Balaban J connectivity index is 1.46. The Labute approximate surface area is 196 Å². The maximum Gasteiger partial charge on any atom is 0.348 e. The third kappa shape index (κ3) is 4.59. The van der Waals surface area contributed by atoms with E-state index in [1.807, 2.05) is 25.1 Å². The number of carbonyl (C=O) groups is 3. The summed E-state index contributed by atoms with van der Waals surface area (Å²) in [4.78, 5) is 38.5. The van der Waals surface area contributed by atoms with E-state index >= 15 is 0 Å². The average molecular weight is 488 g/mol. The Bertz CT molecular complexity index is 1340. The zero-order valence-corrected chi connectivity index (χ0v) is 19.6. The molecule has 0 atom stereocenters. The number of hydrogen-bond acceptors (Lipinski definition) is 7. The highest BCUT2D eigenvalue weighted by molar-refractivity contribution is 7.20. The van der Waals surface area contributed by atoms with Crippen LogP contribution in [0.15, 0.2) is 42.5 Å². The van der Waals surface area contributed by atoms with Gasteiger partial charge in [-0.2, -0.15) is 5.10 Å². The number of Topliss-reactive ketones (excluding diaryl/α,β-unsaturated/α-hetero) is 1. The van der Waals surface area contributed by atoms with Gasteiger partial charge in [-0.25, -0.2) is 9.48 Å². The fourth-order valence-corrected chi connectivity index (χ4v) is 5.20. The summed E-state index contributed by atoms with van der Waals surface area (Å²) in [7, 11) is 0. The van der Waals surface area contributed by atoms with Crippen molar-refractivity contribution in [2.45, 2.75) is 20.4 Å². The summed E-state index contributed by atoms with van der Waals surface area (Å²) in [6.07, 6.45) is 0. The van der Waals surface area contributed by atoms with Crippen LogP contribution in [0.1, 0.15) is 36.8 Å². The topological polar surface area (TPSA) is 90.3 Å². The molecule has 0 unspecified atom stereocenters. The van der Waals surface area contributed by atoms with E-state index in [1.54, 1.807) is 28.9 Å². The van der Waals surface area contributed by atoms with Crippen LogP contribution in [0.5, 0.6) is 0 Å². The lowest BCUT2D eigenvalue weighted by molar-refractivity contribution is -0.119. The van der Waals surface area contributed by atoms with E-state index in [4.69, 9.17) is 16.3 Å². The Morgan fingerprint density at radius 2 is 1.91 bits per heavy atom. The van der Waals surface area contributed by atoms with Gasteiger partial charge in [-0.1, -0.05) is 23.7 Å². The molecule has 3 heterocycles. The van der Waals surface area contributed by atoms with Gasteiger partial charge in [0.05, 0.1) is 27.8 Å². The number of hydrogen-bond donors (Lipinski definition) is 1. The number of amides is 1. The number of nitrogens with one attached hydrogen (secondary N) is 1. The lowest BCUT2D eigenvalue weighted by atomic mass is 10.3. The molecule has 0 bridgehead atoms. The lowest BCUT2D eigenvalue weighted by Gasteiger charge is -2.04. The number of nitrogens with zero attached hydrogens (tertiary/aromatic N) is 2. The molecule has 0 saturated carbocycles. The summed E-state index contributed by atoms with van der Waals surface area (Å²) in [6.45, 7) is 3.29. The molecule has 32 heavy (non-hydrogen) atoms. The number of halogens is 1. The summed E-state index contributed by atoms with van der Waals surface area (Å²) in [5, 5.41) is 8.59. The third-order valence-corrected chi connectivity index (χ3v) is 7.15. The van der Waals surface area contributed by atoms with Gasteiger partial charge in [0.15, 0.2) is 6.61 Å². The fraction of sp³-hybridized carbons (Fsp3) is 0.182. The fourth-order valence-electron chi connectivity index (χ4n) is 3.04. The molecule has 10 heteroatoms. The standard InChI is InChI=1S/C22H18ClN3O4S2/c1-12-15-9-20(32-21(15)26(25-12)17-6-4-3-5-16(17)23)22(29)30-11-18(28)19-8-7-14(31-19)10-24-13(2)27/h3-9H,10-11H2,1-2H3,(H,24,27). The molecular weight excluding hydrogens is 470 g/mol. The van der Waals surface area contributed by atoms with Gasteiger partial charge in [0.25, 0.3) is 0 Å². The minimum atomic E-state index is -0.570. The van der Waals surface area contributed by atoms with Crippen LogP contribution in [0.4, 0.5) is 0 Å². The molecule has 3 aromatic heterocycles. The number of aromatic nitrogens is 2. The van der Waals surface area contributed by atoms with Gasteiger partial charge >= 0.3 is 5.97 Å². The summed E-state index contributed by atoms with van der Waals surface area (Å²) in [5.74, 6) is -1.01. The Hall–Kier alpha value is -3.01. The molecule has 4 aromatic rings. The molecule has 1 aromatic carbocycles.